The van der Waals surface area contributed by atoms with E-state index >= 15 is 0 Å². The molecule has 0 amide bonds. The van der Waals surface area contributed by atoms with Crippen LogP contribution in [0.5, 0.6) is 0 Å². The van der Waals surface area contributed by atoms with Crippen molar-refractivity contribution < 1.29 is 4.79 Å². The molecule has 16 heavy (non-hydrogen) atoms. The number of aryl methyl sites for hydroxylation is 1. The first kappa shape index (κ1) is 12.4. The molecule has 1 aromatic rings. The number of Topliss-reactive ketones (excluding diaryl/α,β-unsaturated/α-hetero) is 1. The summed E-state index contributed by atoms with van der Waals surface area (Å²) in [6.45, 7) is 3.98. The van der Waals surface area contributed by atoms with Crippen LogP contribution in [0.4, 0.5) is 0 Å². The number of hydrogen-bond donors (Lipinski definition) is 0. The zero-order valence-corrected chi connectivity index (χ0v) is 9.86. The minimum atomic E-state index is -0.590. The van der Waals surface area contributed by atoms with Crippen molar-refractivity contribution in [1.29, 1.82) is 5.26 Å². The lowest BCUT2D eigenvalue weighted by Gasteiger charge is -2.10. The lowest BCUT2D eigenvalue weighted by molar-refractivity contribution is -0.119. The van der Waals surface area contributed by atoms with Crippen molar-refractivity contribution in [2.75, 3.05) is 0 Å². The molecule has 1 aromatic carbocycles. The molecule has 0 saturated carbocycles. The summed E-state index contributed by atoms with van der Waals surface area (Å²) < 4.78 is 0. The summed E-state index contributed by atoms with van der Waals surface area (Å²) in [4.78, 5) is 11.9. The fourth-order valence-corrected chi connectivity index (χ4v) is 1.72. The van der Waals surface area contributed by atoms with Crippen molar-refractivity contribution in [3.05, 3.63) is 35.4 Å². The molecule has 0 bridgehead atoms. The van der Waals surface area contributed by atoms with E-state index in [1.807, 2.05) is 38.1 Å². The van der Waals surface area contributed by atoms with Gasteiger partial charge < -0.3 is 0 Å². The fraction of sp³-hybridized carbons (Fsp3) is 0.429. The van der Waals surface area contributed by atoms with E-state index in [-0.39, 0.29) is 5.78 Å². The summed E-state index contributed by atoms with van der Waals surface area (Å²) >= 11 is 0. The van der Waals surface area contributed by atoms with Crippen molar-refractivity contribution in [1.82, 2.24) is 0 Å². The second kappa shape index (κ2) is 6.07. The number of benzene rings is 1. The van der Waals surface area contributed by atoms with Gasteiger partial charge in [-0.3, -0.25) is 4.79 Å². The van der Waals surface area contributed by atoms with Gasteiger partial charge >= 0.3 is 0 Å². The van der Waals surface area contributed by atoms with Crippen LogP contribution in [0.15, 0.2) is 24.3 Å². The summed E-state index contributed by atoms with van der Waals surface area (Å²) in [5.74, 6) is -0.550. The first-order valence-corrected chi connectivity index (χ1v) is 5.68. The van der Waals surface area contributed by atoms with Crippen molar-refractivity contribution in [2.24, 2.45) is 0 Å². The predicted molar refractivity (Wildman–Crippen MR) is 64.1 cm³/mol. The Balaban J connectivity index is 2.87. The number of ketones is 1. The molecule has 0 heterocycles. The van der Waals surface area contributed by atoms with Gasteiger partial charge in [-0.15, -0.1) is 0 Å². The molecule has 0 N–H and O–H groups in total. The third-order valence-corrected chi connectivity index (χ3v) is 2.73. The van der Waals surface area contributed by atoms with Gasteiger partial charge in [0.15, 0.2) is 5.78 Å². The highest BCUT2D eigenvalue weighted by atomic mass is 16.1. The molecule has 0 saturated heterocycles. The third kappa shape index (κ3) is 2.93. The van der Waals surface area contributed by atoms with Gasteiger partial charge in [-0.25, -0.2) is 0 Å². The quantitative estimate of drug-likeness (QED) is 0.755. The summed E-state index contributed by atoms with van der Waals surface area (Å²) in [5, 5.41) is 9.10. The maximum atomic E-state index is 11.9. The first-order chi connectivity index (χ1) is 7.70. The monoisotopic (exact) mass is 215 g/mol. The Hall–Kier alpha value is -1.62. The maximum Gasteiger partial charge on any atom is 0.154 e. The van der Waals surface area contributed by atoms with Crippen molar-refractivity contribution in [3.8, 4) is 6.07 Å². The SMILES string of the molecule is CCCCC(=O)C(C#N)c1ccccc1C. The molecule has 1 atom stereocenters. The lowest BCUT2D eigenvalue weighted by Crippen LogP contribution is -2.11. The van der Waals surface area contributed by atoms with Crippen LogP contribution in [0.3, 0.4) is 0 Å². The van der Waals surface area contributed by atoms with Crippen LogP contribution < -0.4 is 0 Å². The first-order valence-electron chi connectivity index (χ1n) is 5.68. The number of rotatable bonds is 5. The number of carbonyl (C=O) groups excluding carboxylic acids is 1. The van der Waals surface area contributed by atoms with E-state index in [0.29, 0.717) is 6.42 Å². The highest BCUT2D eigenvalue weighted by Crippen LogP contribution is 2.21. The van der Waals surface area contributed by atoms with Gasteiger partial charge in [0, 0.05) is 6.42 Å². The summed E-state index contributed by atoms with van der Waals surface area (Å²) in [7, 11) is 0. The minimum absolute atomic E-state index is 0.0404. The van der Waals surface area contributed by atoms with Gasteiger partial charge in [-0.05, 0) is 24.5 Å². The van der Waals surface area contributed by atoms with Crippen LogP contribution in [0.1, 0.15) is 43.2 Å². The molecular weight excluding hydrogens is 198 g/mol. The van der Waals surface area contributed by atoms with Crippen LogP contribution in [-0.4, -0.2) is 5.78 Å². The predicted octanol–water partition coefficient (Wildman–Crippen LogP) is 3.36. The summed E-state index contributed by atoms with van der Waals surface area (Å²) in [6, 6.07) is 9.72. The Morgan fingerprint density at radius 2 is 2.12 bits per heavy atom. The number of hydrogen-bond acceptors (Lipinski definition) is 2. The molecule has 0 aliphatic carbocycles. The lowest BCUT2D eigenvalue weighted by atomic mass is 9.90. The van der Waals surface area contributed by atoms with Gasteiger partial charge in [0.2, 0.25) is 0 Å². The topological polar surface area (TPSA) is 40.9 Å². The van der Waals surface area contributed by atoms with E-state index < -0.39 is 5.92 Å². The average Bonchev–Trinajstić information content (AvgIpc) is 2.30. The second-order valence-electron chi connectivity index (χ2n) is 3.99. The van der Waals surface area contributed by atoms with Crippen LogP contribution in [-0.2, 0) is 4.79 Å². The van der Waals surface area contributed by atoms with Crippen LogP contribution in [0.25, 0.3) is 0 Å². The number of carbonyl (C=O) groups is 1. The third-order valence-electron chi connectivity index (χ3n) is 2.73. The van der Waals surface area contributed by atoms with Crippen LogP contribution in [0, 0.1) is 18.3 Å². The molecule has 1 rings (SSSR count). The molecular formula is C14H17NO. The number of nitrogens with zero attached hydrogens (tertiary/aromatic N) is 1. The Bertz CT molecular complexity index is 403. The van der Waals surface area contributed by atoms with E-state index in [0.717, 1.165) is 24.0 Å². The van der Waals surface area contributed by atoms with Crippen molar-refractivity contribution >= 4 is 5.78 Å². The normalized spacial score (nSPS) is 11.8. The highest BCUT2D eigenvalue weighted by molar-refractivity contribution is 5.88. The average molecular weight is 215 g/mol. The van der Waals surface area contributed by atoms with Crippen LogP contribution in [0.2, 0.25) is 0 Å². The Morgan fingerprint density at radius 3 is 2.69 bits per heavy atom. The standard InChI is InChI=1S/C14H17NO/c1-3-4-9-14(16)13(10-15)12-8-6-5-7-11(12)2/h5-8,13H,3-4,9H2,1-2H3. The largest absolute Gasteiger partial charge is 0.298 e. The smallest absolute Gasteiger partial charge is 0.154 e. The Labute approximate surface area is 96.9 Å². The van der Waals surface area contributed by atoms with Gasteiger partial charge in [-0.1, -0.05) is 37.6 Å². The molecule has 0 fully saturated rings. The van der Waals surface area contributed by atoms with Crippen LogP contribution >= 0.6 is 0 Å². The Morgan fingerprint density at radius 1 is 1.44 bits per heavy atom. The van der Waals surface area contributed by atoms with E-state index in [2.05, 4.69) is 6.07 Å². The molecule has 0 radical (unpaired) electrons. The molecule has 0 aliphatic rings. The molecule has 84 valence electrons. The zero-order valence-electron chi connectivity index (χ0n) is 9.86. The van der Waals surface area contributed by atoms with Gasteiger partial charge in [0.1, 0.15) is 5.92 Å². The Kier molecular flexibility index (Phi) is 4.72. The molecule has 0 spiro atoms. The number of nitriles is 1. The van der Waals surface area contributed by atoms with E-state index in [1.165, 1.54) is 0 Å². The fourth-order valence-electron chi connectivity index (χ4n) is 1.72. The van der Waals surface area contributed by atoms with Gasteiger partial charge in [-0.2, -0.15) is 5.26 Å². The minimum Gasteiger partial charge on any atom is -0.298 e. The molecule has 2 heteroatoms. The summed E-state index contributed by atoms with van der Waals surface area (Å²) in [6.07, 6.45) is 2.35. The molecule has 2 nitrogen and oxygen atoms in total. The maximum absolute atomic E-state index is 11.9. The van der Waals surface area contributed by atoms with Crippen molar-refractivity contribution in [3.63, 3.8) is 0 Å². The van der Waals surface area contributed by atoms with Gasteiger partial charge in [0.25, 0.3) is 0 Å². The number of unbranched alkanes of at least 4 members (excludes halogenated alkanes) is 1. The van der Waals surface area contributed by atoms with E-state index in [9.17, 15) is 4.79 Å². The summed E-state index contributed by atoms with van der Waals surface area (Å²) in [5.41, 5.74) is 1.87. The second-order valence-corrected chi connectivity index (χ2v) is 3.99. The van der Waals surface area contributed by atoms with E-state index in [4.69, 9.17) is 5.26 Å². The van der Waals surface area contributed by atoms with E-state index in [1.54, 1.807) is 0 Å². The van der Waals surface area contributed by atoms with Crippen molar-refractivity contribution in [2.45, 2.75) is 39.0 Å². The molecule has 1 unspecified atom stereocenters. The molecule has 0 aliphatic heterocycles. The van der Waals surface area contributed by atoms with Gasteiger partial charge in [0.05, 0.1) is 6.07 Å². The zero-order chi connectivity index (χ0) is 12.0. The molecule has 0 aromatic heterocycles. The highest BCUT2D eigenvalue weighted by Gasteiger charge is 2.20.